The highest BCUT2D eigenvalue weighted by Gasteiger charge is 2.19. The number of rotatable bonds is 10. The molecule has 0 unspecified atom stereocenters. The number of ether oxygens (including phenoxy) is 1. The summed E-state index contributed by atoms with van der Waals surface area (Å²) in [7, 11) is 0. The van der Waals surface area contributed by atoms with Gasteiger partial charge in [-0.25, -0.2) is 0 Å². The van der Waals surface area contributed by atoms with Gasteiger partial charge in [-0.05, 0) is 18.1 Å². The van der Waals surface area contributed by atoms with Gasteiger partial charge in [-0.3, -0.25) is 9.89 Å². The Kier molecular flexibility index (Phi) is 11.8. The molecule has 1 aromatic carbocycles. The van der Waals surface area contributed by atoms with E-state index in [1.165, 1.54) is 0 Å². The quantitative estimate of drug-likeness (QED) is 0.276. The number of hydrogen-bond donors (Lipinski definition) is 1. The van der Waals surface area contributed by atoms with Crippen molar-refractivity contribution in [2.24, 2.45) is 10.9 Å². The van der Waals surface area contributed by atoms with Gasteiger partial charge in [0.2, 0.25) is 0 Å². The van der Waals surface area contributed by atoms with E-state index in [2.05, 4.69) is 50.7 Å². The van der Waals surface area contributed by atoms with Crippen LogP contribution in [-0.4, -0.2) is 82.9 Å². The van der Waals surface area contributed by atoms with Crippen LogP contribution in [0.4, 0.5) is 0 Å². The zero-order valence-corrected chi connectivity index (χ0v) is 21.9. The second kappa shape index (κ2) is 14.3. The van der Waals surface area contributed by atoms with Crippen molar-refractivity contribution in [3.05, 3.63) is 42.5 Å². The predicted octanol–water partition coefficient (Wildman–Crippen LogP) is 2.76. The van der Waals surface area contributed by atoms with Crippen molar-refractivity contribution in [2.75, 3.05) is 52.4 Å². The van der Waals surface area contributed by atoms with Crippen LogP contribution < -0.4 is 10.1 Å². The van der Waals surface area contributed by atoms with Crippen molar-refractivity contribution in [3.63, 3.8) is 0 Å². The highest BCUT2D eigenvalue weighted by atomic mass is 127. The maximum Gasteiger partial charge on any atom is 0.194 e. The number of nitrogens with one attached hydrogen (secondary N) is 1. The second-order valence-electron chi connectivity index (χ2n) is 8.27. The summed E-state index contributed by atoms with van der Waals surface area (Å²) in [6.07, 6.45) is 2.70. The summed E-state index contributed by atoms with van der Waals surface area (Å²) >= 11 is 0. The first-order valence-electron chi connectivity index (χ1n) is 11.5. The molecule has 8 nitrogen and oxygen atoms in total. The number of guanidine groups is 1. The molecule has 1 aliphatic heterocycles. The van der Waals surface area contributed by atoms with Gasteiger partial charge < -0.3 is 19.5 Å². The lowest BCUT2D eigenvalue weighted by Crippen LogP contribution is -2.53. The zero-order valence-electron chi connectivity index (χ0n) is 19.6. The van der Waals surface area contributed by atoms with Crippen LogP contribution in [0.5, 0.6) is 5.75 Å². The van der Waals surface area contributed by atoms with E-state index in [1.807, 2.05) is 36.7 Å². The monoisotopic (exact) mass is 555 g/mol. The number of benzene rings is 1. The molecule has 1 fully saturated rings. The molecule has 178 valence electrons. The number of aromatic nitrogens is 3. The first-order valence-corrected chi connectivity index (χ1v) is 11.5. The standard InChI is InChI=1S/C23H37N7O.HI/c1-4-22-27-26-19-30(22)11-10-24-23(25-18-20(2)3)29-14-12-28(13-15-29)16-17-31-21-8-6-5-7-9-21;/h5-9,19-20H,4,10-18H2,1-3H3,(H,24,25);1H. The minimum absolute atomic E-state index is 0. The number of halogens is 1. The average molecular weight is 556 g/mol. The normalized spacial score (nSPS) is 15.0. The van der Waals surface area contributed by atoms with Crippen molar-refractivity contribution in [1.29, 1.82) is 0 Å². The van der Waals surface area contributed by atoms with Crippen LogP contribution in [0.2, 0.25) is 0 Å². The summed E-state index contributed by atoms with van der Waals surface area (Å²) < 4.78 is 7.96. The molecule has 0 amide bonds. The fraction of sp³-hybridized carbons (Fsp3) is 0.609. The first-order chi connectivity index (χ1) is 15.2. The van der Waals surface area contributed by atoms with Crippen LogP contribution in [0.3, 0.4) is 0 Å². The van der Waals surface area contributed by atoms with Gasteiger partial charge in [-0.1, -0.05) is 39.0 Å². The van der Waals surface area contributed by atoms with E-state index in [-0.39, 0.29) is 24.0 Å². The van der Waals surface area contributed by atoms with Crippen LogP contribution >= 0.6 is 24.0 Å². The van der Waals surface area contributed by atoms with E-state index < -0.39 is 0 Å². The van der Waals surface area contributed by atoms with Gasteiger partial charge in [0.25, 0.3) is 0 Å². The predicted molar refractivity (Wildman–Crippen MR) is 140 cm³/mol. The summed E-state index contributed by atoms with van der Waals surface area (Å²) in [4.78, 5) is 9.72. The van der Waals surface area contributed by atoms with Crippen molar-refractivity contribution in [2.45, 2.75) is 33.7 Å². The lowest BCUT2D eigenvalue weighted by molar-refractivity contribution is 0.152. The van der Waals surface area contributed by atoms with E-state index in [4.69, 9.17) is 9.73 Å². The number of para-hydroxylation sites is 1. The van der Waals surface area contributed by atoms with Gasteiger partial charge in [-0.2, -0.15) is 0 Å². The third kappa shape index (κ3) is 8.57. The molecule has 0 atom stereocenters. The summed E-state index contributed by atoms with van der Waals surface area (Å²) in [5.74, 6) is 3.51. The van der Waals surface area contributed by atoms with Crippen molar-refractivity contribution in [3.8, 4) is 5.75 Å². The summed E-state index contributed by atoms with van der Waals surface area (Å²) in [5, 5.41) is 11.8. The van der Waals surface area contributed by atoms with Crippen LogP contribution in [0, 0.1) is 5.92 Å². The Bertz CT molecular complexity index is 789. The molecular weight excluding hydrogens is 517 g/mol. The lowest BCUT2D eigenvalue weighted by Gasteiger charge is -2.36. The Morgan fingerprint density at radius 3 is 2.56 bits per heavy atom. The Hall–Kier alpha value is -1.88. The molecule has 2 heterocycles. The summed E-state index contributed by atoms with van der Waals surface area (Å²) in [5.41, 5.74) is 0. The van der Waals surface area contributed by atoms with Gasteiger partial charge in [0.1, 0.15) is 24.5 Å². The number of aliphatic imine (C=N–C) groups is 1. The summed E-state index contributed by atoms with van der Waals surface area (Å²) in [6, 6.07) is 10.0. The Labute approximate surface area is 209 Å². The molecule has 0 spiro atoms. The lowest BCUT2D eigenvalue weighted by atomic mass is 10.2. The minimum Gasteiger partial charge on any atom is -0.492 e. The maximum atomic E-state index is 5.85. The van der Waals surface area contributed by atoms with E-state index in [0.29, 0.717) is 5.92 Å². The third-order valence-corrected chi connectivity index (χ3v) is 5.35. The molecule has 32 heavy (non-hydrogen) atoms. The summed E-state index contributed by atoms with van der Waals surface area (Å²) in [6.45, 7) is 14.7. The average Bonchev–Trinajstić information content (AvgIpc) is 3.25. The molecule has 0 aliphatic carbocycles. The molecule has 1 saturated heterocycles. The molecule has 0 radical (unpaired) electrons. The van der Waals surface area contributed by atoms with Crippen LogP contribution in [-0.2, 0) is 13.0 Å². The third-order valence-electron chi connectivity index (χ3n) is 5.35. The molecule has 1 N–H and O–H groups in total. The molecule has 2 aromatic rings. The topological polar surface area (TPSA) is 70.8 Å². The zero-order chi connectivity index (χ0) is 21.9. The highest BCUT2D eigenvalue weighted by Crippen LogP contribution is 2.09. The Balaban J connectivity index is 0.00000363. The maximum absolute atomic E-state index is 5.85. The van der Waals surface area contributed by atoms with Gasteiger partial charge in [0.05, 0.1) is 0 Å². The Morgan fingerprint density at radius 2 is 1.88 bits per heavy atom. The Morgan fingerprint density at radius 1 is 1.12 bits per heavy atom. The van der Waals surface area contributed by atoms with Crippen LogP contribution in [0.1, 0.15) is 26.6 Å². The second-order valence-corrected chi connectivity index (χ2v) is 8.27. The van der Waals surface area contributed by atoms with Gasteiger partial charge in [0, 0.05) is 58.8 Å². The molecule has 9 heteroatoms. The first kappa shape index (κ1) is 26.4. The number of piperazine rings is 1. The van der Waals surface area contributed by atoms with Crippen molar-refractivity contribution in [1.82, 2.24) is 29.9 Å². The molecule has 1 aromatic heterocycles. The van der Waals surface area contributed by atoms with E-state index in [1.54, 1.807) is 0 Å². The van der Waals surface area contributed by atoms with Gasteiger partial charge >= 0.3 is 0 Å². The smallest absolute Gasteiger partial charge is 0.194 e. The largest absolute Gasteiger partial charge is 0.492 e. The molecule has 0 bridgehead atoms. The van der Waals surface area contributed by atoms with Crippen LogP contribution in [0.15, 0.2) is 41.7 Å². The molecule has 1 aliphatic rings. The van der Waals surface area contributed by atoms with Crippen LogP contribution in [0.25, 0.3) is 0 Å². The van der Waals surface area contributed by atoms with E-state index in [0.717, 1.165) is 82.9 Å². The van der Waals surface area contributed by atoms with Crippen molar-refractivity contribution >= 4 is 29.9 Å². The number of hydrogen-bond acceptors (Lipinski definition) is 5. The molecule has 0 saturated carbocycles. The fourth-order valence-corrected chi connectivity index (χ4v) is 3.56. The fourth-order valence-electron chi connectivity index (χ4n) is 3.56. The number of nitrogens with zero attached hydrogens (tertiary/aromatic N) is 6. The SMILES string of the molecule is CCc1nncn1CCNC(=NCC(C)C)N1CCN(CCOc2ccccc2)CC1.I. The van der Waals surface area contributed by atoms with Gasteiger partial charge in [0.15, 0.2) is 5.96 Å². The van der Waals surface area contributed by atoms with E-state index >= 15 is 0 Å². The highest BCUT2D eigenvalue weighted by molar-refractivity contribution is 14.0. The minimum atomic E-state index is 0. The van der Waals surface area contributed by atoms with Crippen molar-refractivity contribution < 1.29 is 4.74 Å². The van der Waals surface area contributed by atoms with E-state index in [9.17, 15) is 0 Å². The molecular formula is C23H38IN7O. The number of aryl methyl sites for hydroxylation is 1. The van der Waals surface area contributed by atoms with Gasteiger partial charge in [-0.15, -0.1) is 34.2 Å². The molecule has 3 rings (SSSR count).